The van der Waals surface area contributed by atoms with Crippen molar-refractivity contribution in [2.24, 2.45) is 0 Å². The third-order valence-corrected chi connectivity index (χ3v) is 2.47. The van der Waals surface area contributed by atoms with Gasteiger partial charge in [0.2, 0.25) is 0 Å². The number of fused-ring (bicyclic) bond motifs is 1. The number of methoxy groups -OCH3 is 1. The summed E-state index contributed by atoms with van der Waals surface area (Å²) in [6.07, 6.45) is 3.13. The molecule has 0 saturated carbocycles. The fraction of sp³-hybridized carbons (Fsp3) is 0.100. The van der Waals surface area contributed by atoms with E-state index < -0.39 is 5.97 Å². The molecule has 3 aromatic rings. The Kier molecular flexibility index (Phi) is 2.26. The van der Waals surface area contributed by atoms with Crippen LogP contribution in [0.4, 0.5) is 0 Å². The molecule has 0 saturated heterocycles. The topological polar surface area (TPSA) is 98.1 Å². The lowest BCUT2D eigenvalue weighted by molar-refractivity contribution is 0.0600. The van der Waals surface area contributed by atoms with Crippen molar-refractivity contribution in [1.82, 2.24) is 30.0 Å². The lowest BCUT2D eigenvalue weighted by Gasteiger charge is -2.00. The molecule has 18 heavy (non-hydrogen) atoms. The maximum absolute atomic E-state index is 11.5. The molecule has 0 unspecified atom stereocenters. The van der Waals surface area contributed by atoms with Gasteiger partial charge < -0.3 is 4.74 Å². The van der Waals surface area contributed by atoms with Crippen LogP contribution in [0.3, 0.4) is 0 Å². The first-order valence-electron chi connectivity index (χ1n) is 5.09. The Morgan fingerprint density at radius 1 is 1.39 bits per heavy atom. The van der Waals surface area contributed by atoms with Gasteiger partial charge in [0.15, 0.2) is 17.2 Å². The first-order valence-corrected chi connectivity index (χ1v) is 5.09. The lowest BCUT2D eigenvalue weighted by atomic mass is 10.3. The molecule has 8 heteroatoms. The van der Waals surface area contributed by atoms with E-state index in [2.05, 4.69) is 30.3 Å². The smallest absolute Gasteiger partial charge is 0.339 e. The summed E-state index contributed by atoms with van der Waals surface area (Å²) in [6, 6.07) is 3.31. The van der Waals surface area contributed by atoms with Crippen molar-refractivity contribution in [1.29, 1.82) is 0 Å². The van der Waals surface area contributed by atoms with Crippen LogP contribution in [0, 0.1) is 0 Å². The van der Waals surface area contributed by atoms with Gasteiger partial charge in [-0.25, -0.2) is 4.79 Å². The van der Waals surface area contributed by atoms with Crippen LogP contribution in [0.25, 0.3) is 17.2 Å². The highest BCUT2D eigenvalue weighted by molar-refractivity contribution is 5.89. The van der Waals surface area contributed by atoms with Gasteiger partial charge in [-0.15, -0.1) is 10.2 Å². The number of carbonyl (C=O) groups is 1. The number of nitrogens with zero attached hydrogens (tertiary/aromatic N) is 5. The number of aromatic amines is 1. The third kappa shape index (κ3) is 1.51. The maximum Gasteiger partial charge on any atom is 0.339 e. The van der Waals surface area contributed by atoms with Crippen molar-refractivity contribution >= 4 is 11.6 Å². The van der Waals surface area contributed by atoms with Crippen molar-refractivity contribution in [3.63, 3.8) is 0 Å². The minimum absolute atomic E-state index is 0.412. The molecule has 1 N–H and O–H groups in total. The van der Waals surface area contributed by atoms with Gasteiger partial charge in [0.05, 0.1) is 18.9 Å². The summed E-state index contributed by atoms with van der Waals surface area (Å²) in [6.45, 7) is 0. The molecule has 0 aromatic carbocycles. The van der Waals surface area contributed by atoms with E-state index in [9.17, 15) is 4.79 Å². The molecule has 0 bridgehead atoms. The molecule has 0 aliphatic heterocycles. The average molecular weight is 244 g/mol. The summed E-state index contributed by atoms with van der Waals surface area (Å²) in [5, 5.41) is 18.1. The van der Waals surface area contributed by atoms with Gasteiger partial charge >= 0.3 is 5.97 Å². The normalized spacial score (nSPS) is 10.7. The van der Waals surface area contributed by atoms with E-state index in [-0.39, 0.29) is 0 Å². The summed E-state index contributed by atoms with van der Waals surface area (Å²) in [5.74, 6) is 0.0844. The maximum atomic E-state index is 11.5. The van der Waals surface area contributed by atoms with Crippen LogP contribution < -0.4 is 0 Å². The molecular weight excluding hydrogens is 236 g/mol. The highest BCUT2D eigenvalue weighted by atomic mass is 16.5. The zero-order valence-corrected chi connectivity index (χ0v) is 9.36. The Labute approximate surface area is 101 Å². The SMILES string of the molecule is COC(=O)c1ccc2nnc(-c3cn[nH]n3)n2c1. The third-order valence-electron chi connectivity index (χ3n) is 2.47. The van der Waals surface area contributed by atoms with Crippen LogP contribution in [-0.2, 0) is 4.74 Å². The Balaban J connectivity index is 2.19. The number of nitrogens with one attached hydrogen (secondary N) is 1. The van der Waals surface area contributed by atoms with Crippen molar-refractivity contribution < 1.29 is 9.53 Å². The van der Waals surface area contributed by atoms with Gasteiger partial charge in [-0.3, -0.25) is 4.40 Å². The van der Waals surface area contributed by atoms with Crippen molar-refractivity contribution in [2.75, 3.05) is 7.11 Å². The van der Waals surface area contributed by atoms with E-state index in [0.29, 0.717) is 22.7 Å². The second kappa shape index (κ2) is 3.91. The molecule has 0 amide bonds. The van der Waals surface area contributed by atoms with Crippen LogP contribution in [0.2, 0.25) is 0 Å². The lowest BCUT2D eigenvalue weighted by Crippen LogP contribution is -2.03. The van der Waals surface area contributed by atoms with Crippen LogP contribution >= 0.6 is 0 Å². The van der Waals surface area contributed by atoms with Gasteiger partial charge in [0.25, 0.3) is 0 Å². The van der Waals surface area contributed by atoms with E-state index in [1.54, 1.807) is 22.7 Å². The second-order valence-electron chi connectivity index (χ2n) is 3.52. The quantitative estimate of drug-likeness (QED) is 0.651. The summed E-state index contributed by atoms with van der Waals surface area (Å²) >= 11 is 0. The Hall–Kier alpha value is -2.77. The molecule has 90 valence electrons. The number of aromatic nitrogens is 6. The standard InChI is InChI=1S/C10H8N6O2/c1-18-10(17)6-2-3-8-13-14-9(16(8)5-6)7-4-11-15-12-7/h2-5H,1H3,(H,11,12,15). The monoisotopic (exact) mass is 244 g/mol. The van der Waals surface area contributed by atoms with E-state index >= 15 is 0 Å². The Bertz CT molecular complexity index is 702. The van der Waals surface area contributed by atoms with Gasteiger partial charge in [-0.05, 0) is 12.1 Å². The van der Waals surface area contributed by atoms with Gasteiger partial charge in [-0.2, -0.15) is 15.4 Å². The molecule has 3 aromatic heterocycles. The highest BCUT2D eigenvalue weighted by Gasteiger charge is 2.13. The number of hydrogen-bond acceptors (Lipinski definition) is 6. The summed E-state index contributed by atoms with van der Waals surface area (Å²) in [7, 11) is 1.33. The molecule has 0 fully saturated rings. The number of ether oxygens (including phenoxy) is 1. The number of esters is 1. The molecule has 0 radical (unpaired) electrons. The van der Waals surface area contributed by atoms with E-state index in [4.69, 9.17) is 0 Å². The van der Waals surface area contributed by atoms with Crippen molar-refractivity contribution in [3.05, 3.63) is 30.1 Å². The number of pyridine rings is 1. The van der Waals surface area contributed by atoms with E-state index in [1.807, 2.05) is 0 Å². The zero-order chi connectivity index (χ0) is 12.5. The molecule has 0 atom stereocenters. The van der Waals surface area contributed by atoms with Crippen LogP contribution in [0.15, 0.2) is 24.5 Å². The van der Waals surface area contributed by atoms with Gasteiger partial charge in [0, 0.05) is 6.20 Å². The summed E-state index contributed by atoms with van der Waals surface area (Å²) in [4.78, 5) is 11.5. The molecule has 3 rings (SSSR count). The first-order chi connectivity index (χ1) is 8.79. The van der Waals surface area contributed by atoms with E-state index in [0.717, 1.165) is 0 Å². The molecule has 0 spiro atoms. The molecule has 8 nitrogen and oxygen atoms in total. The van der Waals surface area contributed by atoms with Crippen molar-refractivity contribution in [2.45, 2.75) is 0 Å². The van der Waals surface area contributed by atoms with Crippen LogP contribution in [0.5, 0.6) is 0 Å². The van der Waals surface area contributed by atoms with Crippen molar-refractivity contribution in [3.8, 4) is 11.5 Å². The minimum atomic E-state index is -0.420. The van der Waals surface area contributed by atoms with Crippen LogP contribution in [-0.4, -0.2) is 43.1 Å². The van der Waals surface area contributed by atoms with E-state index in [1.165, 1.54) is 13.3 Å². The number of rotatable bonds is 2. The molecule has 0 aliphatic rings. The van der Waals surface area contributed by atoms with Gasteiger partial charge in [0.1, 0.15) is 0 Å². The number of hydrogen-bond donors (Lipinski definition) is 1. The second-order valence-corrected chi connectivity index (χ2v) is 3.52. The molecule has 3 heterocycles. The summed E-state index contributed by atoms with van der Waals surface area (Å²) in [5.41, 5.74) is 1.57. The predicted octanol–water partition coefficient (Wildman–Crippen LogP) is 0.301. The average Bonchev–Trinajstić information content (AvgIpc) is 3.05. The minimum Gasteiger partial charge on any atom is -0.465 e. The Morgan fingerprint density at radius 3 is 3.00 bits per heavy atom. The predicted molar refractivity (Wildman–Crippen MR) is 59.7 cm³/mol. The van der Waals surface area contributed by atoms with Gasteiger partial charge in [-0.1, -0.05) is 0 Å². The van der Waals surface area contributed by atoms with Crippen LogP contribution in [0.1, 0.15) is 10.4 Å². The largest absolute Gasteiger partial charge is 0.465 e. The molecular formula is C10H8N6O2. The zero-order valence-electron chi connectivity index (χ0n) is 9.36. The first kappa shape index (κ1) is 10.4. The molecule has 0 aliphatic carbocycles. The summed E-state index contributed by atoms with van der Waals surface area (Å²) < 4.78 is 6.32. The Morgan fingerprint density at radius 2 is 2.28 bits per heavy atom. The fourth-order valence-electron chi connectivity index (χ4n) is 1.61. The number of carbonyl (C=O) groups excluding carboxylic acids is 1. The highest BCUT2D eigenvalue weighted by Crippen LogP contribution is 2.15. The fourth-order valence-corrected chi connectivity index (χ4v) is 1.61. The number of H-pyrrole nitrogens is 1.